The van der Waals surface area contributed by atoms with E-state index in [1.54, 1.807) is 4.90 Å². The maximum absolute atomic E-state index is 12.7. The Kier molecular flexibility index (Phi) is 4.50. The number of amides is 2. The van der Waals surface area contributed by atoms with Crippen LogP contribution in [0.5, 0.6) is 0 Å². The lowest BCUT2D eigenvalue weighted by molar-refractivity contribution is -0.126. The van der Waals surface area contributed by atoms with Crippen molar-refractivity contribution in [3.05, 3.63) is 60.3 Å². The van der Waals surface area contributed by atoms with Crippen molar-refractivity contribution in [2.75, 3.05) is 18.0 Å². The summed E-state index contributed by atoms with van der Waals surface area (Å²) in [6.45, 7) is 3.66. The summed E-state index contributed by atoms with van der Waals surface area (Å²) in [4.78, 5) is 26.9. The SMILES string of the molecule is Cc1cccc2c1ccn2CCNC(=O)C1CC(=O)N(c2n[nH]c3ccccc23)C1. The molecule has 2 N–H and O–H groups in total. The number of hydrogen-bond acceptors (Lipinski definition) is 3. The normalized spacial score (nSPS) is 16.6. The van der Waals surface area contributed by atoms with Gasteiger partial charge in [-0.15, -0.1) is 0 Å². The second-order valence-corrected chi connectivity index (χ2v) is 7.81. The number of carbonyl (C=O) groups excluding carboxylic acids is 2. The summed E-state index contributed by atoms with van der Waals surface area (Å²) in [6.07, 6.45) is 2.26. The monoisotopic (exact) mass is 401 g/mol. The summed E-state index contributed by atoms with van der Waals surface area (Å²) in [5, 5.41) is 12.4. The Morgan fingerprint density at radius 3 is 2.93 bits per heavy atom. The third kappa shape index (κ3) is 3.12. The van der Waals surface area contributed by atoms with E-state index in [9.17, 15) is 9.59 Å². The number of carbonyl (C=O) groups is 2. The smallest absolute Gasteiger partial charge is 0.229 e. The molecule has 1 atom stereocenters. The summed E-state index contributed by atoms with van der Waals surface area (Å²) < 4.78 is 2.14. The van der Waals surface area contributed by atoms with E-state index >= 15 is 0 Å². The molecule has 1 aliphatic rings. The Morgan fingerprint density at radius 1 is 1.17 bits per heavy atom. The molecule has 2 aromatic heterocycles. The van der Waals surface area contributed by atoms with E-state index in [1.807, 2.05) is 36.5 Å². The number of aromatic nitrogens is 3. The number of nitrogens with one attached hydrogen (secondary N) is 2. The first kappa shape index (κ1) is 18.4. The average Bonchev–Trinajstić information content (AvgIpc) is 3.45. The zero-order valence-electron chi connectivity index (χ0n) is 16.8. The Hall–Kier alpha value is -3.61. The summed E-state index contributed by atoms with van der Waals surface area (Å²) in [6, 6.07) is 16.0. The standard InChI is InChI=1S/C23H23N5O2/c1-15-5-4-8-20-17(15)9-11-27(20)12-10-24-23(30)16-13-21(29)28(14-16)22-18-6-2-3-7-19(18)25-26-22/h2-9,11,16H,10,12-14H2,1H3,(H,24,30)(H,25,26). The predicted molar refractivity (Wildman–Crippen MR) is 116 cm³/mol. The van der Waals surface area contributed by atoms with Crippen molar-refractivity contribution in [1.29, 1.82) is 0 Å². The van der Waals surface area contributed by atoms with E-state index in [1.165, 1.54) is 10.9 Å². The molecule has 30 heavy (non-hydrogen) atoms. The zero-order valence-corrected chi connectivity index (χ0v) is 16.8. The molecule has 2 aromatic carbocycles. The van der Waals surface area contributed by atoms with Crippen LogP contribution in [0.3, 0.4) is 0 Å². The Balaban J connectivity index is 1.23. The first-order valence-electron chi connectivity index (χ1n) is 10.2. The Morgan fingerprint density at radius 2 is 2.03 bits per heavy atom. The van der Waals surface area contributed by atoms with Gasteiger partial charge in [-0.25, -0.2) is 0 Å². The molecule has 1 fully saturated rings. The minimum Gasteiger partial charge on any atom is -0.354 e. The van der Waals surface area contributed by atoms with Gasteiger partial charge in [0.2, 0.25) is 11.8 Å². The van der Waals surface area contributed by atoms with Crippen LogP contribution < -0.4 is 10.2 Å². The van der Waals surface area contributed by atoms with Gasteiger partial charge < -0.3 is 9.88 Å². The maximum atomic E-state index is 12.7. The van der Waals surface area contributed by atoms with Crippen LogP contribution in [0.1, 0.15) is 12.0 Å². The van der Waals surface area contributed by atoms with Crippen LogP contribution in [0.15, 0.2) is 54.7 Å². The Bertz CT molecular complexity index is 1250. The van der Waals surface area contributed by atoms with Crippen molar-refractivity contribution in [3.8, 4) is 0 Å². The maximum Gasteiger partial charge on any atom is 0.229 e. The van der Waals surface area contributed by atoms with Crippen LogP contribution in [0, 0.1) is 12.8 Å². The second-order valence-electron chi connectivity index (χ2n) is 7.81. The molecule has 1 aliphatic heterocycles. The lowest BCUT2D eigenvalue weighted by Crippen LogP contribution is -2.34. The van der Waals surface area contributed by atoms with Gasteiger partial charge in [0.15, 0.2) is 5.82 Å². The second kappa shape index (κ2) is 7.33. The quantitative estimate of drug-likeness (QED) is 0.539. The van der Waals surface area contributed by atoms with E-state index in [0.717, 1.165) is 16.4 Å². The number of H-pyrrole nitrogens is 1. The van der Waals surface area contributed by atoms with Gasteiger partial charge in [-0.1, -0.05) is 24.3 Å². The molecule has 0 spiro atoms. The molecule has 1 unspecified atom stereocenters. The van der Waals surface area contributed by atoms with Crippen LogP contribution in [0.4, 0.5) is 5.82 Å². The van der Waals surface area contributed by atoms with Gasteiger partial charge in [-0.3, -0.25) is 19.6 Å². The molecule has 0 saturated carbocycles. The lowest BCUT2D eigenvalue weighted by atomic mass is 10.1. The fraction of sp³-hybridized carbons (Fsp3) is 0.261. The topological polar surface area (TPSA) is 83.0 Å². The fourth-order valence-electron chi connectivity index (χ4n) is 4.26. The summed E-state index contributed by atoms with van der Waals surface area (Å²) >= 11 is 0. The van der Waals surface area contributed by atoms with E-state index in [0.29, 0.717) is 25.5 Å². The van der Waals surface area contributed by atoms with Crippen LogP contribution in [-0.4, -0.2) is 39.7 Å². The van der Waals surface area contributed by atoms with Gasteiger partial charge in [-0.2, -0.15) is 5.10 Å². The highest BCUT2D eigenvalue weighted by Gasteiger charge is 2.36. The highest BCUT2D eigenvalue weighted by atomic mass is 16.2. The molecule has 2 amide bonds. The minimum atomic E-state index is -0.364. The van der Waals surface area contributed by atoms with Crippen molar-refractivity contribution in [2.24, 2.45) is 5.92 Å². The molecule has 152 valence electrons. The van der Waals surface area contributed by atoms with Crippen molar-refractivity contribution in [2.45, 2.75) is 19.9 Å². The number of para-hydroxylation sites is 1. The molecule has 1 saturated heterocycles. The Labute approximate surface area is 173 Å². The van der Waals surface area contributed by atoms with Crippen molar-refractivity contribution >= 4 is 39.4 Å². The van der Waals surface area contributed by atoms with E-state index in [-0.39, 0.29) is 24.2 Å². The number of benzene rings is 2. The number of nitrogens with zero attached hydrogens (tertiary/aromatic N) is 3. The van der Waals surface area contributed by atoms with E-state index < -0.39 is 0 Å². The third-order valence-electron chi connectivity index (χ3n) is 5.89. The van der Waals surface area contributed by atoms with Crippen molar-refractivity contribution < 1.29 is 9.59 Å². The molecule has 0 bridgehead atoms. The summed E-state index contributed by atoms with van der Waals surface area (Å²) in [5.74, 6) is 0.0781. The fourth-order valence-corrected chi connectivity index (χ4v) is 4.26. The molecule has 0 radical (unpaired) electrons. The molecule has 7 nitrogen and oxygen atoms in total. The van der Waals surface area contributed by atoms with Crippen LogP contribution in [-0.2, 0) is 16.1 Å². The summed E-state index contributed by atoms with van der Waals surface area (Å²) in [5.41, 5.74) is 3.28. The largest absolute Gasteiger partial charge is 0.354 e. The van der Waals surface area contributed by atoms with Gasteiger partial charge in [0.1, 0.15) is 0 Å². The number of aromatic amines is 1. The highest BCUT2D eigenvalue weighted by Crippen LogP contribution is 2.29. The van der Waals surface area contributed by atoms with Gasteiger partial charge in [-0.05, 0) is 36.8 Å². The van der Waals surface area contributed by atoms with Crippen LogP contribution in [0.2, 0.25) is 0 Å². The van der Waals surface area contributed by atoms with Crippen molar-refractivity contribution in [1.82, 2.24) is 20.1 Å². The van der Waals surface area contributed by atoms with Gasteiger partial charge in [0.05, 0.1) is 11.4 Å². The van der Waals surface area contributed by atoms with E-state index in [2.05, 4.69) is 45.2 Å². The number of rotatable bonds is 5. The zero-order chi connectivity index (χ0) is 20.7. The summed E-state index contributed by atoms with van der Waals surface area (Å²) in [7, 11) is 0. The lowest BCUT2D eigenvalue weighted by Gasteiger charge is -2.14. The number of aryl methyl sites for hydroxylation is 1. The van der Waals surface area contributed by atoms with Crippen LogP contribution in [0.25, 0.3) is 21.8 Å². The molecule has 7 heteroatoms. The van der Waals surface area contributed by atoms with Crippen molar-refractivity contribution in [3.63, 3.8) is 0 Å². The first-order valence-corrected chi connectivity index (χ1v) is 10.2. The molecular weight excluding hydrogens is 378 g/mol. The average molecular weight is 401 g/mol. The molecule has 0 aliphatic carbocycles. The number of anilines is 1. The van der Waals surface area contributed by atoms with Gasteiger partial charge in [0, 0.05) is 48.5 Å². The third-order valence-corrected chi connectivity index (χ3v) is 5.89. The number of fused-ring (bicyclic) bond motifs is 2. The predicted octanol–water partition coefficient (Wildman–Crippen LogP) is 3.00. The van der Waals surface area contributed by atoms with Gasteiger partial charge >= 0.3 is 0 Å². The molecule has 3 heterocycles. The van der Waals surface area contributed by atoms with E-state index in [4.69, 9.17) is 0 Å². The van der Waals surface area contributed by atoms with Gasteiger partial charge in [0.25, 0.3) is 0 Å². The minimum absolute atomic E-state index is 0.0701. The first-order chi connectivity index (χ1) is 14.6. The highest BCUT2D eigenvalue weighted by molar-refractivity contribution is 6.05. The number of hydrogen-bond donors (Lipinski definition) is 2. The molecule has 4 aromatic rings. The molecular formula is C23H23N5O2. The van der Waals surface area contributed by atoms with Crippen LogP contribution >= 0.6 is 0 Å². The molecule has 5 rings (SSSR count).